The second-order valence-electron chi connectivity index (χ2n) is 7.28. The summed E-state index contributed by atoms with van der Waals surface area (Å²) in [7, 11) is 0. The Morgan fingerprint density at radius 3 is 1.16 bits per heavy atom. The fourth-order valence-corrected chi connectivity index (χ4v) is 4.02. The summed E-state index contributed by atoms with van der Waals surface area (Å²) in [5.41, 5.74) is 0. The molecule has 0 radical (unpaired) electrons. The van der Waals surface area contributed by atoms with Gasteiger partial charge in [-0.05, 0) is 43.1 Å². The van der Waals surface area contributed by atoms with Crippen LogP contribution in [0.5, 0.6) is 11.5 Å². The van der Waals surface area contributed by atoms with Gasteiger partial charge < -0.3 is 10.2 Å². The summed E-state index contributed by atoms with van der Waals surface area (Å²) in [6.45, 7) is 0. The minimum absolute atomic E-state index is 0. The Morgan fingerprint density at radius 1 is 0.323 bits per heavy atom. The molecule has 6 aromatic carbocycles. The second kappa shape index (κ2) is 8.84. The Balaban J connectivity index is 0.000000144. The molecule has 0 heterocycles. The van der Waals surface area contributed by atoms with Gasteiger partial charge in [-0.1, -0.05) is 109 Å². The topological polar surface area (TPSA) is 46.1 Å². The van der Waals surface area contributed by atoms with E-state index in [0.29, 0.717) is 0 Å². The van der Waals surface area contributed by atoms with Gasteiger partial charge in [0.1, 0.15) is 0 Å². The van der Waals surface area contributed by atoms with Gasteiger partial charge >= 0.3 is 23.1 Å². The van der Waals surface area contributed by atoms with E-state index in [1.54, 1.807) is 12.1 Å². The van der Waals surface area contributed by atoms with Crippen LogP contribution in [-0.4, -0.2) is 23.1 Å². The van der Waals surface area contributed by atoms with Gasteiger partial charge in [-0.15, -0.1) is 11.5 Å². The molecular weight excluding hydrogens is 393 g/mol. The van der Waals surface area contributed by atoms with Crippen molar-refractivity contribution in [3.05, 3.63) is 109 Å². The maximum atomic E-state index is 11.6. The third kappa shape index (κ3) is 3.90. The van der Waals surface area contributed by atoms with Crippen LogP contribution in [0.1, 0.15) is 0 Å². The van der Waals surface area contributed by atoms with E-state index in [2.05, 4.69) is 24.3 Å². The second-order valence-corrected chi connectivity index (χ2v) is 7.28. The van der Waals surface area contributed by atoms with E-state index in [0.717, 1.165) is 32.3 Å². The third-order valence-corrected chi connectivity index (χ3v) is 5.49. The van der Waals surface area contributed by atoms with Gasteiger partial charge in [-0.25, -0.2) is 0 Å². The molecule has 6 aromatic rings. The molecule has 31 heavy (non-hydrogen) atoms. The van der Waals surface area contributed by atoms with E-state index in [-0.39, 0.29) is 34.6 Å². The van der Waals surface area contributed by atoms with E-state index in [1.165, 1.54) is 10.8 Å². The summed E-state index contributed by atoms with van der Waals surface area (Å²) in [6.07, 6.45) is 0. The molecule has 0 saturated heterocycles. The monoisotopic (exact) mass is 410 g/mol. The van der Waals surface area contributed by atoms with Crippen molar-refractivity contribution in [2.45, 2.75) is 0 Å². The Bertz CT molecular complexity index is 1410. The minimum Gasteiger partial charge on any atom is -0.872 e. The zero-order valence-electron chi connectivity index (χ0n) is 16.9. The zero-order chi connectivity index (χ0) is 20.5. The molecule has 0 aromatic heterocycles. The molecule has 0 aliphatic heterocycles. The number of hydrogen-bond donors (Lipinski definition) is 0. The van der Waals surface area contributed by atoms with Gasteiger partial charge in [0.25, 0.3) is 0 Å². The Kier molecular flexibility index (Phi) is 5.98. The first-order valence-electron chi connectivity index (χ1n) is 9.87. The molecule has 0 spiro atoms. The first-order valence-corrected chi connectivity index (χ1v) is 9.87. The molecule has 3 heteroatoms. The maximum absolute atomic E-state index is 11.6. The molecule has 0 aliphatic carbocycles. The van der Waals surface area contributed by atoms with Crippen molar-refractivity contribution in [3.63, 3.8) is 0 Å². The quantitative estimate of drug-likeness (QED) is 0.236. The van der Waals surface area contributed by atoms with Crippen molar-refractivity contribution < 1.29 is 10.2 Å². The van der Waals surface area contributed by atoms with E-state index in [1.807, 2.05) is 72.8 Å². The molecule has 0 bridgehead atoms. The van der Waals surface area contributed by atoms with Crippen LogP contribution in [0.2, 0.25) is 0 Å². The summed E-state index contributed by atoms with van der Waals surface area (Å²) in [6, 6.07) is 34.9. The zero-order valence-corrected chi connectivity index (χ0v) is 18.3. The van der Waals surface area contributed by atoms with Crippen LogP contribution < -0.4 is 10.2 Å². The van der Waals surface area contributed by atoms with Gasteiger partial charge in [-0.3, -0.25) is 0 Å². The third-order valence-electron chi connectivity index (χ3n) is 5.49. The summed E-state index contributed by atoms with van der Waals surface area (Å²) in [5.74, 6) is 0.191. The standard InChI is InChI=1S/2C14H10O.Mg/c2*15-14-7-3-6-12-11-5-2-1-4-10(11)8-9-13(12)14;/h2*1-9,15H;/q;;+2/p-2. The normalized spacial score (nSPS) is 10.6. The molecule has 144 valence electrons. The Morgan fingerprint density at radius 2 is 0.710 bits per heavy atom. The smallest absolute Gasteiger partial charge is 0.872 e. The predicted octanol–water partition coefficient (Wildman–Crippen LogP) is 5.75. The Hall–Kier alpha value is -3.27. The molecule has 0 atom stereocenters. The van der Waals surface area contributed by atoms with Crippen LogP contribution in [0.15, 0.2) is 109 Å². The fraction of sp³-hybridized carbons (Fsp3) is 0. The van der Waals surface area contributed by atoms with Gasteiger partial charge in [0.15, 0.2) is 0 Å². The van der Waals surface area contributed by atoms with Crippen molar-refractivity contribution in [1.82, 2.24) is 0 Å². The molecular formula is C28H18MgO2. The van der Waals surface area contributed by atoms with Crippen LogP contribution in [0.25, 0.3) is 43.1 Å². The Labute approximate surface area is 196 Å². The van der Waals surface area contributed by atoms with Gasteiger partial charge in [0.2, 0.25) is 0 Å². The van der Waals surface area contributed by atoms with E-state index in [9.17, 15) is 10.2 Å². The number of fused-ring (bicyclic) bond motifs is 6. The minimum atomic E-state index is 0. The number of hydrogen-bond acceptors (Lipinski definition) is 2. The average Bonchev–Trinajstić information content (AvgIpc) is 2.80. The van der Waals surface area contributed by atoms with Crippen molar-refractivity contribution in [2.24, 2.45) is 0 Å². The molecule has 0 N–H and O–H groups in total. The van der Waals surface area contributed by atoms with Gasteiger partial charge in [0, 0.05) is 0 Å². The summed E-state index contributed by atoms with van der Waals surface area (Å²) in [4.78, 5) is 0. The van der Waals surface area contributed by atoms with Gasteiger partial charge in [-0.2, -0.15) is 0 Å². The van der Waals surface area contributed by atoms with Crippen molar-refractivity contribution in [2.75, 3.05) is 0 Å². The average molecular weight is 411 g/mol. The van der Waals surface area contributed by atoms with Crippen LogP contribution in [0.3, 0.4) is 0 Å². The summed E-state index contributed by atoms with van der Waals surface area (Å²) < 4.78 is 0. The molecule has 2 nitrogen and oxygen atoms in total. The van der Waals surface area contributed by atoms with E-state index < -0.39 is 0 Å². The van der Waals surface area contributed by atoms with E-state index in [4.69, 9.17) is 0 Å². The largest absolute Gasteiger partial charge is 2.00 e. The van der Waals surface area contributed by atoms with Crippen LogP contribution >= 0.6 is 0 Å². The molecule has 0 aliphatic rings. The maximum Gasteiger partial charge on any atom is 2.00 e. The molecule has 6 rings (SSSR count). The number of benzene rings is 6. The van der Waals surface area contributed by atoms with E-state index >= 15 is 0 Å². The van der Waals surface area contributed by atoms with Crippen LogP contribution in [0, 0.1) is 0 Å². The van der Waals surface area contributed by atoms with Crippen molar-refractivity contribution in [3.8, 4) is 11.5 Å². The van der Waals surface area contributed by atoms with Gasteiger partial charge in [0.05, 0.1) is 0 Å². The summed E-state index contributed by atoms with van der Waals surface area (Å²) >= 11 is 0. The predicted molar refractivity (Wildman–Crippen MR) is 128 cm³/mol. The van der Waals surface area contributed by atoms with Crippen LogP contribution in [-0.2, 0) is 0 Å². The van der Waals surface area contributed by atoms with Crippen molar-refractivity contribution >= 4 is 66.1 Å². The van der Waals surface area contributed by atoms with Crippen molar-refractivity contribution in [1.29, 1.82) is 0 Å². The molecule has 0 amide bonds. The SMILES string of the molecule is [Mg+2].[O-]c1cccc2c1ccc1ccccc12.[O-]c1cccc2c1ccc1ccccc12. The number of rotatable bonds is 0. The first kappa shape index (κ1) is 21.0. The molecule has 0 unspecified atom stereocenters. The fourth-order valence-electron chi connectivity index (χ4n) is 4.02. The molecule has 0 fully saturated rings. The molecule has 0 saturated carbocycles. The van der Waals surface area contributed by atoms with Crippen LogP contribution in [0.4, 0.5) is 0 Å². The first-order chi connectivity index (χ1) is 14.7. The summed E-state index contributed by atoms with van der Waals surface area (Å²) in [5, 5.41) is 31.6.